The zero-order valence-corrected chi connectivity index (χ0v) is 10.2. The second-order valence-electron chi connectivity index (χ2n) is 4.03. The highest BCUT2D eigenvalue weighted by molar-refractivity contribution is 5.98. The Balaban J connectivity index is 2.30. The van der Waals surface area contributed by atoms with Gasteiger partial charge in [0.2, 0.25) is 0 Å². The molecule has 0 saturated heterocycles. The van der Waals surface area contributed by atoms with Gasteiger partial charge in [0.1, 0.15) is 5.65 Å². The number of rotatable bonds is 2. The molecule has 0 saturated carbocycles. The Morgan fingerprint density at radius 1 is 1.42 bits per heavy atom. The zero-order valence-electron chi connectivity index (χ0n) is 10.2. The molecule has 96 valence electrons. The lowest BCUT2D eigenvalue weighted by Gasteiger charge is -2.03. The third kappa shape index (κ3) is 1.77. The highest BCUT2D eigenvalue weighted by Crippen LogP contribution is 2.19. The molecule has 0 aromatic carbocycles. The summed E-state index contributed by atoms with van der Waals surface area (Å²) in [7, 11) is 0. The number of ether oxygens (including phenoxy) is 1. The number of carbonyl (C=O) groups is 1. The van der Waals surface area contributed by atoms with E-state index in [9.17, 15) is 9.59 Å². The molecule has 0 radical (unpaired) electrons. The molecule has 0 aliphatic heterocycles. The predicted octanol–water partition coefficient (Wildman–Crippen LogP) is 1.35. The van der Waals surface area contributed by atoms with Crippen molar-refractivity contribution in [2.45, 2.75) is 6.92 Å². The topological polar surface area (TPSA) is 76.5 Å². The smallest absolute Gasteiger partial charge is 0.346 e. The van der Waals surface area contributed by atoms with Crippen molar-refractivity contribution in [3.8, 4) is 0 Å². The van der Waals surface area contributed by atoms with Crippen molar-refractivity contribution in [3.63, 3.8) is 0 Å². The fourth-order valence-electron chi connectivity index (χ4n) is 2.08. The van der Waals surface area contributed by atoms with Crippen LogP contribution in [0.2, 0.25) is 0 Å². The minimum Gasteiger partial charge on any atom is -0.462 e. The van der Waals surface area contributed by atoms with E-state index in [1.54, 1.807) is 35.7 Å². The SMILES string of the molecule is CCOC(=O)c1ccn2c1ccc1cnc(=O)[nH]c12. The predicted molar refractivity (Wildman–Crippen MR) is 69.3 cm³/mol. The largest absolute Gasteiger partial charge is 0.462 e. The maximum atomic E-state index is 11.8. The minimum atomic E-state index is -0.425. The van der Waals surface area contributed by atoms with Crippen molar-refractivity contribution in [1.29, 1.82) is 0 Å². The normalized spacial score (nSPS) is 11.0. The standard InChI is InChI=1S/C13H11N3O3/c1-2-19-12(17)9-5-6-16-10(9)4-3-8-7-14-13(18)15-11(8)16/h3-7H,2H2,1H3,(H,14,15,18). The number of aromatic nitrogens is 3. The number of hydrogen-bond donors (Lipinski definition) is 1. The van der Waals surface area contributed by atoms with Gasteiger partial charge in [0.25, 0.3) is 0 Å². The van der Waals surface area contributed by atoms with Gasteiger partial charge in [-0.05, 0) is 25.1 Å². The number of hydrogen-bond acceptors (Lipinski definition) is 4. The maximum Gasteiger partial charge on any atom is 0.346 e. The van der Waals surface area contributed by atoms with Crippen LogP contribution in [0.3, 0.4) is 0 Å². The Bertz CT molecular complexity index is 832. The lowest BCUT2D eigenvalue weighted by molar-refractivity contribution is 0.0529. The van der Waals surface area contributed by atoms with Crippen LogP contribution in [0, 0.1) is 0 Å². The van der Waals surface area contributed by atoms with Crippen molar-refractivity contribution in [2.75, 3.05) is 6.61 Å². The molecular formula is C13H11N3O3. The van der Waals surface area contributed by atoms with Crippen LogP contribution < -0.4 is 5.69 Å². The monoisotopic (exact) mass is 257 g/mol. The highest BCUT2D eigenvalue weighted by atomic mass is 16.5. The van der Waals surface area contributed by atoms with Gasteiger partial charge in [-0.1, -0.05) is 0 Å². The van der Waals surface area contributed by atoms with Gasteiger partial charge in [0, 0.05) is 17.8 Å². The van der Waals surface area contributed by atoms with Crippen LogP contribution in [0.1, 0.15) is 17.3 Å². The number of nitrogens with one attached hydrogen (secondary N) is 1. The minimum absolute atomic E-state index is 0.324. The van der Waals surface area contributed by atoms with Gasteiger partial charge < -0.3 is 9.14 Å². The molecule has 6 heteroatoms. The summed E-state index contributed by atoms with van der Waals surface area (Å²) in [5, 5.41) is 0.790. The number of pyridine rings is 1. The maximum absolute atomic E-state index is 11.8. The second kappa shape index (κ2) is 4.24. The average Bonchev–Trinajstić information content (AvgIpc) is 2.83. The van der Waals surface area contributed by atoms with Crippen molar-refractivity contribution in [3.05, 3.63) is 46.6 Å². The Kier molecular flexibility index (Phi) is 2.56. The molecule has 0 amide bonds. The van der Waals surface area contributed by atoms with Crippen LogP contribution >= 0.6 is 0 Å². The van der Waals surface area contributed by atoms with Gasteiger partial charge in [-0.25, -0.2) is 14.6 Å². The molecule has 0 aliphatic carbocycles. The summed E-state index contributed by atoms with van der Waals surface area (Å²) in [5.41, 5.74) is 1.34. The molecule has 0 fully saturated rings. The van der Waals surface area contributed by atoms with E-state index in [0.29, 0.717) is 23.3 Å². The molecule has 19 heavy (non-hydrogen) atoms. The third-order valence-electron chi connectivity index (χ3n) is 2.90. The molecule has 0 unspecified atom stereocenters. The first-order chi connectivity index (χ1) is 9.20. The second-order valence-corrected chi connectivity index (χ2v) is 4.03. The number of nitrogens with zero attached hydrogens (tertiary/aromatic N) is 2. The Hall–Kier alpha value is -2.63. The molecule has 3 rings (SSSR count). The summed E-state index contributed by atoms with van der Waals surface area (Å²) in [4.78, 5) is 29.4. The first kappa shape index (κ1) is 11.5. The zero-order chi connectivity index (χ0) is 13.4. The molecule has 0 bridgehead atoms. The van der Waals surface area contributed by atoms with Crippen molar-refractivity contribution in [2.24, 2.45) is 0 Å². The average molecular weight is 257 g/mol. The van der Waals surface area contributed by atoms with E-state index >= 15 is 0 Å². The summed E-state index contributed by atoms with van der Waals surface area (Å²) in [6, 6.07) is 5.27. The quantitative estimate of drug-likeness (QED) is 0.703. The number of esters is 1. The molecule has 3 heterocycles. The first-order valence-electron chi connectivity index (χ1n) is 5.87. The van der Waals surface area contributed by atoms with Gasteiger partial charge in [0.15, 0.2) is 0 Å². The van der Waals surface area contributed by atoms with Crippen LogP contribution in [-0.2, 0) is 4.74 Å². The van der Waals surface area contributed by atoms with Crippen molar-refractivity contribution >= 4 is 22.5 Å². The van der Waals surface area contributed by atoms with Gasteiger partial charge >= 0.3 is 11.7 Å². The number of carbonyl (C=O) groups excluding carboxylic acids is 1. The molecule has 6 nitrogen and oxygen atoms in total. The van der Waals surface area contributed by atoms with E-state index < -0.39 is 5.69 Å². The summed E-state index contributed by atoms with van der Waals surface area (Å²) in [6.45, 7) is 2.08. The van der Waals surface area contributed by atoms with Crippen LogP contribution in [0.25, 0.3) is 16.6 Å². The molecule has 3 aromatic heterocycles. The summed E-state index contributed by atoms with van der Waals surface area (Å²) >= 11 is 0. The lowest BCUT2D eigenvalue weighted by Crippen LogP contribution is -2.10. The third-order valence-corrected chi connectivity index (χ3v) is 2.90. The molecule has 1 N–H and O–H groups in total. The first-order valence-corrected chi connectivity index (χ1v) is 5.87. The highest BCUT2D eigenvalue weighted by Gasteiger charge is 2.13. The number of fused-ring (bicyclic) bond motifs is 3. The molecular weight excluding hydrogens is 246 g/mol. The van der Waals surface area contributed by atoms with E-state index in [4.69, 9.17) is 4.74 Å². The van der Waals surface area contributed by atoms with Gasteiger partial charge in [0.05, 0.1) is 17.7 Å². The lowest BCUT2D eigenvalue weighted by atomic mass is 10.2. The van der Waals surface area contributed by atoms with E-state index in [-0.39, 0.29) is 5.97 Å². The summed E-state index contributed by atoms with van der Waals surface area (Å²) in [5.74, 6) is -0.374. The fraction of sp³-hybridized carbons (Fsp3) is 0.154. The molecule has 3 aromatic rings. The van der Waals surface area contributed by atoms with E-state index in [1.807, 2.05) is 0 Å². The summed E-state index contributed by atoms with van der Waals surface area (Å²) in [6.07, 6.45) is 3.22. The number of H-pyrrole nitrogens is 1. The summed E-state index contributed by atoms with van der Waals surface area (Å²) < 4.78 is 6.73. The van der Waals surface area contributed by atoms with E-state index in [1.165, 1.54) is 6.20 Å². The van der Waals surface area contributed by atoms with Crippen LogP contribution in [0.15, 0.2) is 35.4 Å². The van der Waals surface area contributed by atoms with Gasteiger partial charge in [-0.2, -0.15) is 0 Å². The van der Waals surface area contributed by atoms with Crippen molar-refractivity contribution in [1.82, 2.24) is 14.4 Å². The van der Waals surface area contributed by atoms with E-state index in [0.717, 1.165) is 5.39 Å². The fourth-order valence-corrected chi connectivity index (χ4v) is 2.08. The Morgan fingerprint density at radius 2 is 2.26 bits per heavy atom. The van der Waals surface area contributed by atoms with E-state index in [2.05, 4.69) is 9.97 Å². The molecule has 0 atom stereocenters. The Labute approximate surface area is 107 Å². The number of aromatic amines is 1. The van der Waals surface area contributed by atoms with Crippen LogP contribution in [-0.4, -0.2) is 26.9 Å². The van der Waals surface area contributed by atoms with Crippen LogP contribution in [0.5, 0.6) is 0 Å². The van der Waals surface area contributed by atoms with Crippen LogP contribution in [0.4, 0.5) is 0 Å². The molecule has 0 spiro atoms. The van der Waals surface area contributed by atoms with Crippen molar-refractivity contribution < 1.29 is 9.53 Å². The van der Waals surface area contributed by atoms with Gasteiger partial charge in [-0.3, -0.25) is 4.98 Å². The molecule has 0 aliphatic rings. The van der Waals surface area contributed by atoms with Gasteiger partial charge in [-0.15, -0.1) is 0 Å². The Morgan fingerprint density at radius 3 is 3.05 bits per heavy atom.